The van der Waals surface area contributed by atoms with Crippen molar-refractivity contribution in [3.8, 4) is 11.5 Å². The first kappa shape index (κ1) is 21.9. The van der Waals surface area contributed by atoms with Crippen LogP contribution in [0.2, 0.25) is 0 Å². The standard InChI is InChI=1S/C15H22N4O5S2/c1-10(25-9-15(20)18-5-6-26(16,21)22)19-12-8-14(24-4)13(23-3)7-11(12)17-2/h7-8H,2,5-6,9H2,1,3-4H3,(H,18,20)(H2,16,21,22). The van der Waals surface area contributed by atoms with Gasteiger partial charge in [-0.05, 0) is 13.6 Å². The van der Waals surface area contributed by atoms with E-state index >= 15 is 0 Å². The molecular formula is C15H22N4O5S2. The second-order valence-corrected chi connectivity index (χ2v) is 7.89. The van der Waals surface area contributed by atoms with E-state index in [-0.39, 0.29) is 24.0 Å². The molecule has 1 aromatic carbocycles. The lowest BCUT2D eigenvalue weighted by Gasteiger charge is -2.10. The van der Waals surface area contributed by atoms with Gasteiger partial charge >= 0.3 is 0 Å². The average molecular weight is 402 g/mol. The Morgan fingerprint density at radius 2 is 1.85 bits per heavy atom. The summed E-state index contributed by atoms with van der Waals surface area (Å²) in [7, 11) is -0.565. The zero-order chi connectivity index (χ0) is 19.7. The summed E-state index contributed by atoms with van der Waals surface area (Å²) in [6, 6.07) is 3.32. The van der Waals surface area contributed by atoms with E-state index in [1.54, 1.807) is 19.1 Å². The summed E-state index contributed by atoms with van der Waals surface area (Å²) in [6.45, 7) is 5.22. The molecule has 0 bridgehead atoms. The highest BCUT2D eigenvalue weighted by Gasteiger charge is 2.11. The number of primary sulfonamides is 1. The van der Waals surface area contributed by atoms with E-state index in [9.17, 15) is 13.2 Å². The largest absolute Gasteiger partial charge is 0.493 e. The van der Waals surface area contributed by atoms with Gasteiger partial charge in [-0.25, -0.2) is 18.5 Å². The molecule has 0 aromatic heterocycles. The number of nitrogens with zero attached hydrogens (tertiary/aromatic N) is 2. The molecule has 1 aromatic rings. The molecule has 26 heavy (non-hydrogen) atoms. The molecule has 0 radical (unpaired) electrons. The van der Waals surface area contributed by atoms with Crippen molar-refractivity contribution in [3.05, 3.63) is 12.1 Å². The van der Waals surface area contributed by atoms with Crippen LogP contribution in [0.25, 0.3) is 0 Å². The van der Waals surface area contributed by atoms with Crippen LogP contribution >= 0.6 is 11.8 Å². The number of nitrogens with two attached hydrogens (primary N) is 1. The molecule has 9 nitrogen and oxygen atoms in total. The molecule has 3 N–H and O–H groups in total. The van der Waals surface area contributed by atoms with Gasteiger partial charge < -0.3 is 14.8 Å². The topological polar surface area (TPSA) is 132 Å². The van der Waals surface area contributed by atoms with Gasteiger partial charge in [-0.2, -0.15) is 0 Å². The van der Waals surface area contributed by atoms with Gasteiger partial charge in [-0.15, -0.1) is 11.8 Å². The Balaban J connectivity index is 2.75. The number of carbonyl (C=O) groups is 1. The van der Waals surface area contributed by atoms with Crippen molar-refractivity contribution in [1.29, 1.82) is 0 Å². The predicted molar refractivity (Wildman–Crippen MR) is 105 cm³/mol. The molecule has 0 unspecified atom stereocenters. The minimum Gasteiger partial charge on any atom is -0.493 e. The fourth-order valence-corrected chi connectivity index (χ4v) is 2.82. The molecule has 11 heteroatoms. The summed E-state index contributed by atoms with van der Waals surface area (Å²) in [6.07, 6.45) is 0. The molecule has 0 heterocycles. The Morgan fingerprint density at radius 1 is 1.27 bits per heavy atom. The molecule has 0 aliphatic heterocycles. The van der Waals surface area contributed by atoms with Gasteiger partial charge in [0, 0.05) is 18.7 Å². The van der Waals surface area contributed by atoms with Gasteiger partial charge in [0.1, 0.15) is 0 Å². The number of rotatable bonds is 9. The number of hydrogen-bond acceptors (Lipinski definition) is 8. The number of thioether (sulfide) groups is 1. The Morgan fingerprint density at radius 3 is 2.35 bits per heavy atom. The lowest BCUT2D eigenvalue weighted by Crippen LogP contribution is -2.32. The molecule has 144 valence electrons. The van der Waals surface area contributed by atoms with Crippen molar-refractivity contribution >= 4 is 50.8 Å². The summed E-state index contributed by atoms with van der Waals surface area (Å²) < 4.78 is 32.1. The molecule has 0 spiro atoms. The van der Waals surface area contributed by atoms with Crippen LogP contribution in [-0.4, -0.2) is 58.4 Å². The number of methoxy groups -OCH3 is 2. The SMILES string of the molecule is C=Nc1cc(OC)c(OC)cc1N=C(C)SCC(=O)NCCS(N)(=O)=O. The third-order valence-corrected chi connectivity index (χ3v) is 4.74. The van der Waals surface area contributed by atoms with Gasteiger partial charge in [-0.3, -0.25) is 9.79 Å². The maximum atomic E-state index is 11.7. The lowest BCUT2D eigenvalue weighted by atomic mass is 10.2. The van der Waals surface area contributed by atoms with Crippen molar-refractivity contribution in [2.45, 2.75) is 6.92 Å². The molecule has 0 aliphatic carbocycles. The number of sulfonamides is 1. The van der Waals surface area contributed by atoms with Crippen LogP contribution in [0, 0.1) is 0 Å². The van der Waals surface area contributed by atoms with Crippen molar-refractivity contribution in [2.75, 3.05) is 32.3 Å². The Bertz CT molecular complexity index is 793. The van der Waals surface area contributed by atoms with E-state index in [0.29, 0.717) is 27.9 Å². The second kappa shape index (κ2) is 10.1. The van der Waals surface area contributed by atoms with Gasteiger partial charge in [0.2, 0.25) is 15.9 Å². The minimum absolute atomic E-state index is 0.0331. The van der Waals surface area contributed by atoms with Crippen LogP contribution in [0.5, 0.6) is 11.5 Å². The fourth-order valence-electron chi connectivity index (χ4n) is 1.83. The van der Waals surface area contributed by atoms with Gasteiger partial charge in [0.15, 0.2) is 11.5 Å². The van der Waals surface area contributed by atoms with Crippen molar-refractivity contribution in [3.63, 3.8) is 0 Å². The summed E-state index contributed by atoms with van der Waals surface area (Å²) in [4.78, 5) is 20.0. The summed E-state index contributed by atoms with van der Waals surface area (Å²) >= 11 is 1.20. The van der Waals surface area contributed by atoms with E-state index < -0.39 is 10.0 Å². The van der Waals surface area contributed by atoms with Crippen LogP contribution in [0.1, 0.15) is 6.92 Å². The van der Waals surface area contributed by atoms with E-state index in [1.165, 1.54) is 26.0 Å². The maximum absolute atomic E-state index is 11.7. The molecule has 0 fully saturated rings. The highest BCUT2D eigenvalue weighted by molar-refractivity contribution is 8.14. The number of nitrogens with one attached hydrogen (secondary N) is 1. The number of hydrogen-bond donors (Lipinski definition) is 2. The minimum atomic E-state index is -3.60. The van der Waals surface area contributed by atoms with Crippen LogP contribution in [0.4, 0.5) is 11.4 Å². The Kier molecular flexibility index (Phi) is 8.55. The highest BCUT2D eigenvalue weighted by atomic mass is 32.2. The summed E-state index contributed by atoms with van der Waals surface area (Å²) in [5, 5.41) is 7.95. The maximum Gasteiger partial charge on any atom is 0.230 e. The molecule has 1 amide bonds. The predicted octanol–water partition coefficient (Wildman–Crippen LogP) is 1.22. The van der Waals surface area contributed by atoms with Gasteiger partial charge in [0.25, 0.3) is 0 Å². The average Bonchev–Trinajstić information content (AvgIpc) is 2.58. The molecule has 1 rings (SSSR count). The number of carbonyl (C=O) groups excluding carboxylic acids is 1. The first-order valence-electron chi connectivity index (χ1n) is 7.38. The van der Waals surface area contributed by atoms with E-state index in [4.69, 9.17) is 14.6 Å². The highest BCUT2D eigenvalue weighted by Crippen LogP contribution is 2.39. The second-order valence-electron chi connectivity index (χ2n) is 4.99. The van der Waals surface area contributed by atoms with Gasteiger partial charge in [0.05, 0.1) is 42.1 Å². The smallest absolute Gasteiger partial charge is 0.230 e. The fraction of sp³-hybridized carbons (Fsp3) is 0.400. The van der Waals surface area contributed by atoms with Crippen LogP contribution in [0.3, 0.4) is 0 Å². The van der Waals surface area contributed by atoms with Crippen molar-refractivity contribution in [2.24, 2.45) is 15.1 Å². The molecular weight excluding hydrogens is 380 g/mol. The first-order valence-corrected chi connectivity index (χ1v) is 10.1. The van der Waals surface area contributed by atoms with Crippen molar-refractivity contribution < 1.29 is 22.7 Å². The van der Waals surface area contributed by atoms with E-state index in [1.807, 2.05) is 0 Å². The number of aliphatic imine (C=N–C) groups is 2. The van der Waals surface area contributed by atoms with Crippen LogP contribution in [-0.2, 0) is 14.8 Å². The molecule has 0 atom stereocenters. The molecule has 0 aliphatic rings. The Hall–Kier alpha value is -2.11. The van der Waals surface area contributed by atoms with E-state index in [0.717, 1.165) is 0 Å². The molecule has 0 saturated carbocycles. The monoisotopic (exact) mass is 402 g/mol. The first-order chi connectivity index (χ1) is 12.2. The zero-order valence-corrected chi connectivity index (χ0v) is 16.4. The van der Waals surface area contributed by atoms with Crippen molar-refractivity contribution in [1.82, 2.24) is 5.32 Å². The third kappa shape index (κ3) is 7.42. The Labute approximate surface area is 157 Å². The van der Waals surface area contributed by atoms with Crippen LogP contribution < -0.4 is 19.9 Å². The van der Waals surface area contributed by atoms with Gasteiger partial charge in [-0.1, -0.05) is 0 Å². The van der Waals surface area contributed by atoms with E-state index in [2.05, 4.69) is 22.0 Å². The molecule has 0 saturated heterocycles. The van der Waals surface area contributed by atoms with Crippen LogP contribution in [0.15, 0.2) is 22.1 Å². The summed E-state index contributed by atoms with van der Waals surface area (Å²) in [5.41, 5.74) is 1.04. The quantitative estimate of drug-likeness (QED) is 0.471. The number of benzene rings is 1. The number of ether oxygens (including phenoxy) is 2. The lowest BCUT2D eigenvalue weighted by molar-refractivity contribution is -0.118. The number of amides is 1. The zero-order valence-electron chi connectivity index (χ0n) is 14.8. The summed E-state index contributed by atoms with van der Waals surface area (Å²) in [5.74, 6) is 0.466. The normalized spacial score (nSPS) is 11.8. The third-order valence-electron chi connectivity index (χ3n) is 3.05.